The zero-order valence-corrected chi connectivity index (χ0v) is 13.1. The highest BCUT2D eigenvalue weighted by Crippen LogP contribution is 2.32. The molecule has 23 heavy (non-hydrogen) atoms. The van der Waals surface area contributed by atoms with Crippen LogP contribution in [-0.2, 0) is 6.42 Å². The van der Waals surface area contributed by atoms with Gasteiger partial charge in [0, 0.05) is 17.8 Å². The number of carbonyl (C=O) groups excluding carboxylic acids is 1. The van der Waals surface area contributed by atoms with Crippen molar-refractivity contribution in [3.05, 3.63) is 66.2 Å². The molecule has 2 aromatic carbocycles. The molecular formula is C19H19NO3. The molecule has 0 aromatic heterocycles. The first kappa shape index (κ1) is 15.2. The SMILES string of the molecule is C=CCOc1ccc(C(=O)N2CCc3ccccc32)cc1OC. The van der Waals surface area contributed by atoms with Crippen molar-refractivity contribution in [2.45, 2.75) is 6.42 Å². The van der Waals surface area contributed by atoms with Crippen molar-refractivity contribution in [2.24, 2.45) is 0 Å². The number of anilines is 1. The molecule has 1 amide bonds. The Hall–Kier alpha value is -2.75. The van der Waals surface area contributed by atoms with Crippen molar-refractivity contribution >= 4 is 11.6 Å². The lowest BCUT2D eigenvalue weighted by atomic mass is 10.1. The van der Waals surface area contributed by atoms with Gasteiger partial charge in [-0.2, -0.15) is 0 Å². The third kappa shape index (κ3) is 2.93. The summed E-state index contributed by atoms with van der Waals surface area (Å²) in [5.74, 6) is 1.12. The van der Waals surface area contributed by atoms with Crippen LogP contribution in [0, 0.1) is 0 Å². The Kier molecular flexibility index (Phi) is 4.33. The van der Waals surface area contributed by atoms with Gasteiger partial charge < -0.3 is 14.4 Å². The van der Waals surface area contributed by atoms with Gasteiger partial charge >= 0.3 is 0 Å². The minimum absolute atomic E-state index is 0.0245. The zero-order chi connectivity index (χ0) is 16.2. The number of fused-ring (bicyclic) bond motifs is 1. The zero-order valence-electron chi connectivity index (χ0n) is 13.1. The van der Waals surface area contributed by atoms with E-state index in [1.54, 1.807) is 31.4 Å². The summed E-state index contributed by atoms with van der Waals surface area (Å²) in [4.78, 5) is 14.6. The molecule has 0 saturated heterocycles. The predicted molar refractivity (Wildman–Crippen MR) is 90.5 cm³/mol. The highest BCUT2D eigenvalue weighted by atomic mass is 16.5. The van der Waals surface area contributed by atoms with E-state index in [0.29, 0.717) is 30.2 Å². The van der Waals surface area contributed by atoms with E-state index in [9.17, 15) is 4.79 Å². The number of methoxy groups -OCH3 is 1. The van der Waals surface area contributed by atoms with E-state index < -0.39 is 0 Å². The standard InChI is InChI=1S/C19H19NO3/c1-3-12-23-17-9-8-15(13-18(17)22-2)19(21)20-11-10-14-6-4-5-7-16(14)20/h3-9,13H,1,10-12H2,2H3. The van der Waals surface area contributed by atoms with Gasteiger partial charge in [0.1, 0.15) is 6.61 Å². The molecule has 1 aliphatic heterocycles. The van der Waals surface area contributed by atoms with E-state index in [0.717, 1.165) is 12.1 Å². The number of hydrogen-bond donors (Lipinski definition) is 0. The van der Waals surface area contributed by atoms with Crippen LogP contribution in [0.2, 0.25) is 0 Å². The number of hydrogen-bond acceptors (Lipinski definition) is 3. The van der Waals surface area contributed by atoms with Gasteiger partial charge in [0.25, 0.3) is 5.91 Å². The first-order chi connectivity index (χ1) is 11.2. The normalized spacial score (nSPS) is 12.7. The molecular weight excluding hydrogens is 290 g/mol. The molecule has 1 aliphatic rings. The third-order valence-corrected chi connectivity index (χ3v) is 3.90. The molecule has 4 heteroatoms. The number of para-hydroxylation sites is 1. The van der Waals surface area contributed by atoms with Crippen molar-refractivity contribution in [3.63, 3.8) is 0 Å². The van der Waals surface area contributed by atoms with Crippen LogP contribution in [0.4, 0.5) is 5.69 Å². The van der Waals surface area contributed by atoms with E-state index in [4.69, 9.17) is 9.47 Å². The van der Waals surface area contributed by atoms with E-state index in [-0.39, 0.29) is 5.91 Å². The summed E-state index contributed by atoms with van der Waals surface area (Å²) in [6.45, 7) is 4.72. The summed E-state index contributed by atoms with van der Waals surface area (Å²) >= 11 is 0. The number of carbonyl (C=O) groups is 1. The van der Waals surface area contributed by atoms with Crippen LogP contribution < -0.4 is 14.4 Å². The van der Waals surface area contributed by atoms with E-state index in [2.05, 4.69) is 12.6 Å². The average Bonchev–Trinajstić information content (AvgIpc) is 3.03. The highest BCUT2D eigenvalue weighted by Gasteiger charge is 2.25. The van der Waals surface area contributed by atoms with Crippen molar-refractivity contribution in [1.29, 1.82) is 0 Å². The first-order valence-corrected chi connectivity index (χ1v) is 7.56. The lowest BCUT2D eigenvalue weighted by Gasteiger charge is -2.18. The van der Waals surface area contributed by atoms with Crippen molar-refractivity contribution < 1.29 is 14.3 Å². The topological polar surface area (TPSA) is 38.8 Å². The van der Waals surface area contributed by atoms with Crippen LogP contribution in [0.25, 0.3) is 0 Å². The molecule has 0 saturated carbocycles. The van der Waals surface area contributed by atoms with Gasteiger partial charge in [-0.25, -0.2) is 0 Å². The Morgan fingerprint density at radius 2 is 2.09 bits per heavy atom. The fourth-order valence-electron chi connectivity index (χ4n) is 2.77. The maximum Gasteiger partial charge on any atom is 0.258 e. The minimum Gasteiger partial charge on any atom is -0.493 e. The van der Waals surface area contributed by atoms with E-state index in [1.807, 2.05) is 23.1 Å². The molecule has 118 valence electrons. The highest BCUT2D eigenvalue weighted by molar-refractivity contribution is 6.07. The number of rotatable bonds is 5. The molecule has 0 radical (unpaired) electrons. The van der Waals surface area contributed by atoms with Gasteiger partial charge in [-0.05, 0) is 36.2 Å². The van der Waals surface area contributed by atoms with Gasteiger partial charge in [-0.15, -0.1) is 0 Å². The van der Waals surface area contributed by atoms with Crippen LogP contribution in [0.15, 0.2) is 55.1 Å². The summed E-state index contributed by atoms with van der Waals surface area (Å²) in [5.41, 5.74) is 2.78. The largest absolute Gasteiger partial charge is 0.493 e. The lowest BCUT2D eigenvalue weighted by molar-refractivity contribution is 0.0989. The average molecular weight is 309 g/mol. The summed E-state index contributed by atoms with van der Waals surface area (Å²) in [7, 11) is 1.56. The van der Waals surface area contributed by atoms with Gasteiger partial charge in [0.2, 0.25) is 0 Å². The molecule has 0 spiro atoms. The summed E-state index contributed by atoms with van der Waals surface area (Å²) in [6.07, 6.45) is 2.55. The maximum absolute atomic E-state index is 12.8. The molecule has 0 atom stereocenters. The van der Waals surface area contributed by atoms with Gasteiger partial charge in [0.15, 0.2) is 11.5 Å². The molecule has 0 fully saturated rings. The molecule has 0 aliphatic carbocycles. The summed E-state index contributed by atoms with van der Waals surface area (Å²) < 4.78 is 10.9. The Morgan fingerprint density at radius 1 is 1.26 bits per heavy atom. The third-order valence-electron chi connectivity index (χ3n) is 3.90. The second kappa shape index (κ2) is 6.57. The predicted octanol–water partition coefficient (Wildman–Crippen LogP) is 3.46. The van der Waals surface area contributed by atoms with Crippen LogP contribution in [0.3, 0.4) is 0 Å². The van der Waals surface area contributed by atoms with Crippen molar-refractivity contribution in [1.82, 2.24) is 0 Å². The first-order valence-electron chi connectivity index (χ1n) is 7.56. The van der Waals surface area contributed by atoms with Gasteiger partial charge in [-0.3, -0.25) is 4.79 Å². The molecule has 4 nitrogen and oxygen atoms in total. The number of benzene rings is 2. The van der Waals surface area contributed by atoms with E-state index >= 15 is 0 Å². The Balaban J connectivity index is 1.87. The Labute approximate surface area is 135 Å². The Bertz CT molecular complexity index is 739. The van der Waals surface area contributed by atoms with Gasteiger partial charge in [-0.1, -0.05) is 30.9 Å². The molecule has 0 N–H and O–H groups in total. The second-order valence-electron chi connectivity index (χ2n) is 5.30. The second-order valence-corrected chi connectivity index (χ2v) is 5.30. The maximum atomic E-state index is 12.8. The number of nitrogens with zero attached hydrogens (tertiary/aromatic N) is 1. The quantitative estimate of drug-likeness (QED) is 0.794. The van der Waals surface area contributed by atoms with Gasteiger partial charge in [0.05, 0.1) is 7.11 Å². The number of ether oxygens (including phenoxy) is 2. The van der Waals surface area contributed by atoms with Crippen LogP contribution in [0.1, 0.15) is 15.9 Å². The molecule has 1 heterocycles. The fourth-order valence-corrected chi connectivity index (χ4v) is 2.77. The van der Waals surface area contributed by atoms with Crippen molar-refractivity contribution in [2.75, 3.05) is 25.2 Å². The molecule has 2 aromatic rings. The monoisotopic (exact) mass is 309 g/mol. The smallest absolute Gasteiger partial charge is 0.258 e. The summed E-state index contributed by atoms with van der Waals surface area (Å²) in [5, 5.41) is 0. The Morgan fingerprint density at radius 3 is 2.87 bits per heavy atom. The number of amides is 1. The fraction of sp³-hybridized carbons (Fsp3) is 0.211. The molecule has 0 bridgehead atoms. The minimum atomic E-state index is -0.0245. The van der Waals surface area contributed by atoms with Crippen LogP contribution in [0.5, 0.6) is 11.5 Å². The molecule has 3 rings (SSSR count). The lowest BCUT2D eigenvalue weighted by Crippen LogP contribution is -2.28. The summed E-state index contributed by atoms with van der Waals surface area (Å²) in [6, 6.07) is 13.3. The van der Waals surface area contributed by atoms with Crippen LogP contribution >= 0.6 is 0 Å². The van der Waals surface area contributed by atoms with E-state index in [1.165, 1.54) is 5.56 Å². The van der Waals surface area contributed by atoms with Crippen LogP contribution in [-0.4, -0.2) is 26.2 Å². The van der Waals surface area contributed by atoms with Crippen molar-refractivity contribution in [3.8, 4) is 11.5 Å². The molecule has 0 unspecified atom stereocenters.